The Bertz CT molecular complexity index is 1070. The van der Waals surface area contributed by atoms with Gasteiger partial charge in [0, 0.05) is 11.1 Å². The van der Waals surface area contributed by atoms with Crippen molar-refractivity contribution in [2.24, 2.45) is 5.10 Å². The molecule has 29 heavy (non-hydrogen) atoms. The molecule has 2 N–H and O–H groups in total. The quantitative estimate of drug-likeness (QED) is 0.492. The van der Waals surface area contributed by atoms with Crippen LogP contribution >= 0.6 is 0 Å². The molecule has 7 heteroatoms. The zero-order chi connectivity index (χ0) is 21.0. The Balaban J connectivity index is 1.73. The molecule has 0 spiro atoms. The van der Waals surface area contributed by atoms with Gasteiger partial charge in [-0.05, 0) is 62.2 Å². The van der Waals surface area contributed by atoms with E-state index in [4.69, 9.17) is 9.47 Å². The number of H-pyrrole nitrogens is 1. The summed E-state index contributed by atoms with van der Waals surface area (Å²) < 4.78 is 10.5. The molecular weight excluding hydrogens is 368 g/mol. The lowest BCUT2D eigenvalue weighted by Gasteiger charge is -2.09. The first-order chi connectivity index (χ1) is 13.9. The van der Waals surface area contributed by atoms with Crippen LogP contribution in [0.15, 0.2) is 47.6 Å². The van der Waals surface area contributed by atoms with Crippen molar-refractivity contribution in [1.82, 2.24) is 15.6 Å². The minimum absolute atomic E-state index is 0.335. The standard InChI is InChI=1S/C22H24N4O3/c1-13-6-7-17(10-14(13)2)18-12-19(25-24-18)22(27)26-23-15(3)16-8-9-20(28-4)21(11-16)29-5/h6-12H,1-5H3,(H,24,25)(H,26,27). The van der Waals surface area contributed by atoms with E-state index >= 15 is 0 Å². The van der Waals surface area contributed by atoms with Crippen molar-refractivity contribution >= 4 is 11.6 Å². The van der Waals surface area contributed by atoms with Crippen LogP contribution in [0.25, 0.3) is 11.3 Å². The number of nitrogens with zero attached hydrogens (tertiary/aromatic N) is 2. The molecule has 1 aromatic heterocycles. The van der Waals surface area contributed by atoms with Crippen LogP contribution < -0.4 is 14.9 Å². The van der Waals surface area contributed by atoms with Gasteiger partial charge in [-0.3, -0.25) is 9.89 Å². The SMILES string of the molecule is COc1ccc(C(C)=NNC(=O)c2cc(-c3ccc(C)c(C)c3)n[nH]2)cc1OC. The van der Waals surface area contributed by atoms with Gasteiger partial charge >= 0.3 is 0 Å². The lowest BCUT2D eigenvalue weighted by molar-refractivity contribution is 0.0950. The number of carbonyl (C=O) groups excluding carboxylic acids is 1. The summed E-state index contributed by atoms with van der Waals surface area (Å²) in [5.41, 5.74) is 8.37. The summed E-state index contributed by atoms with van der Waals surface area (Å²) in [6, 6.07) is 13.2. The van der Waals surface area contributed by atoms with Crippen molar-refractivity contribution < 1.29 is 14.3 Å². The van der Waals surface area contributed by atoms with Gasteiger partial charge < -0.3 is 9.47 Å². The predicted octanol–water partition coefficient (Wildman–Crippen LogP) is 3.86. The normalized spacial score (nSPS) is 11.3. The molecule has 7 nitrogen and oxygen atoms in total. The van der Waals surface area contributed by atoms with Crippen molar-refractivity contribution in [3.8, 4) is 22.8 Å². The number of aryl methyl sites for hydroxylation is 2. The number of carbonyl (C=O) groups is 1. The van der Waals surface area contributed by atoms with E-state index < -0.39 is 0 Å². The van der Waals surface area contributed by atoms with Crippen molar-refractivity contribution in [3.05, 3.63) is 64.8 Å². The van der Waals surface area contributed by atoms with Gasteiger partial charge in [0.25, 0.3) is 5.91 Å². The summed E-state index contributed by atoms with van der Waals surface area (Å²) in [4.78, 5) is 12.4. The second-order valence-electron chi connectivity index (χ2n) is 6.67. The Kier molecular flexibility index (Phi) is 5.97. The molecule has 0 aliphatic carbocycles. The van der Waals surface area contributed by atoms with Crippen LogP contribution in [0.5, 0.6) is 11.5 Å². The Morgan fingerprint density at radius 3 is 2.45 bits per heavy atom. The molecule has 1 amide bonds. The van der Waals surface area contributed by atoms with Gasteiger partial charge in [-0.25, -0.2) is 5.43 Å². The maximum absolute atomic E-state index is 12.4. The zero-order valence-electron chi connectivity index (χ0n) is 17.2. The Hall–Kier alpha value is -3.61. The third-order valence-corrected chi connectivity index (χ3v) is 4.75. The summed E-state index contributed by atoms with van der Waals surface area (Å²) >= 11 is 0. The molecular formula is C22H24N4O3. The van der Waals surface area contributed by atoms with E-state index in [0.717, 1.165) is 11.1 Å². The summed E-state index contributed by atoms with van der Waals surface area (Å²) in [6.07, 6.45) is 0. The van der Waals surface area contributed by atoms with Gasteiger partial charge in [-0.1, -0.05) is 12.1 Å². The van der Waals surface area contributed by atoms with Crippen molar-refractivity contribution in [1.29, 1.82) is 0 Å². The summed E-state index contributed by atoms with van der Waals surface area (Å²) in [7, 11) is 3.15. The molecule has 0 atom stereocenters. The molecule has 2 aromatic carbocycles. The molecule has 0 radical (unpaired) electrons. The minimum Gasteiger partial charge on any atom is -0.493 e. The molecule has 0 bridgehead atoms. The van der Waals surface area contributed by atoms with E-state index in [-0.39, 0.29) is 5.91 Å². The molecule has 3 rings (SSSR count). The van der Waals surface area contributed by atoms with Gasteiger partial charge in [0.1, 0.15) is 5.69 Å². The number of ether oxygens (including phenoxy) is 2. The van der Waals surface area contributed by atoms with Gasteiger partial charge in [0.2, 0.25) is 0 Å². The van der Waals surface area contributed by atoms with E-state index in [1.54, 1.807) is 39.3 Å². The second kappa shape index (κ2) is 8.60. The molecule has 3 aromatic rings. The predicted molar refractivity (Wildman–Crippen MR) is 113 cm³/mol. The van der Waals surface area contributed by atoms with Gasteiger partial charge in [-0.15, -0.1) is 0 Å². The molecule has 0 aliphatic heterocycles. The number of methoxy groups -OCH3 is 2. The highest BCUT2D eigenvalue weighted by atomic mass is 16.5. The van der Waals surface area contributed by atoms with E-state index in [1.807, 2.05) is 31.2 Å². The van der Waals surface area contributed by atoms with Crippen LogP contribution in [0, 0.1) is 13.8 Å². The number of rotatable bonds is 6. The minimum atomic E-state index is -0.368. The highest BCUT2D eigenvalue weighted by Crippen LogP contribution is 2.27. The van der Waals surface area contributed by atoms with Crippen LogP contribution in [0.2, 0.25) is 0 Å². The molecule has 0 aliphatic rings. The van der Waals surface area contributed by atoms with Crippen molar-refractivity contribution in [3.63, 3.8) is 0 Å². The van der Waals surface area contributed by atoms with Crippen LogP contribution in [0.3, 0.4) is 0 Å². The average Bonchev–Trinajstić information content (AvgIpc) is 3.23. The maximum Gasteiger partial charge on any atom is 0.289 e. The Labute approximate surface area is 169 Å². The second-order valence-corrected chi connectivity index (χ2v) is 6.67. The number of aromatic amines is 1. The van der Waals surface area contributed by atoms with E-state index in [9.17, 15) is 4.79 Å². The third kappa shape index (κ3) is 4.45. The summed E-state index contributed by atoms with van der Waals surface area (Å²) in [6.45, 7) is 5.90. The molecule has 0 unspecified atom stereocenters. The Morgan fingerprint density at radius 1 is 1.00 bits per heavy atom. The number of nitrogens with one attached hydrogen (secondary N) is 2. The molecule has 1 heterocycles. The topological polar surface area (TPSA) is 88.6 Å². The Morgan fingerprint density at radius 2 is 1.76 bits per heavy atom. The van der Waals surface area contributed by atoms with E-state index in [2.05, 4.69) is 27.6 Å². The van der Waals surface area contributed by atoms with Crippen molar-refractivity contribution in [2.75, 3.05) is 14.2 Å². The number of hydrazone groups is 1. The monoisotopic (exact) mass is 392 g/mol. The highest BCUT2D eigenvalue weighted by molar-refractivity contribution is 6.01. The fourth-order valence-electron chi connectivity index (χ4n) is 2.81. The van der Waals surface area contributed by atoms with Gasteiger partial charge in [-0.2, -0.15) is 10.2 Å². The van der Waals surface area contributed by atoms with Gasteiger partial charge in [0.05, 0.1) is 25.6 Å². The first kappa shape index (κ1) is 20.1. The van der Waals surface area contributed by atoms with Crippen LogP contribution in [-0.2, 0) is 0 Å². The fraction of sp³-hybridized carbons (Fsp3) is 0.227. The largest absolute Gasteiger partial charge is 0.493 e. The number of hydrogen-bond acceptors (Lipinski definition) is 5. The van der Waals surface area contributed by atoms with Crippen LogP contribution in [0.1, 0.15) is 34.1 Å². The van der Waals surface area contributed by atoms with Gasteiger partial charge in [0.15, 0.2) is 11.5 Å². The van der Waals surface area contributed by atoms with E-state index in [0.29, 0.717) is 28.6 Å². The molecule has 0 fully saturated rings. The number of hydrogen-bond donors (Lipinski definition) is 2. The summed E-state index contributed by atoms with van der Waals surface area (Å²) in [5, 5.41) is 11.2. The highest BCUT2D eigenvalue weighted by Gasteiger charge is 2.12. The average molecular weight is 392 g/mol. The summed E-state index contributed by atoms with van der Waals surface area (Å²) in [5.74, 6) is 0.856. The number of amides is 1. The van der Waals surface area contributed by atoms with Crippen LogP contribution in [0.4, 0.5) is 0 Å². The van der Waals surface area contributed by atoms with Crippen LogP contribution in [-0.4, -0.2) is 36.0 Å². The molecule has 0 saturated heterocycles. The van der Waals surface area contributed by atoms with Crippen molar-refractivity contribution in [2.45, 2.75) is 20.8 Å². The lowest BCUT2D eigenvalue weighted by Crippen LogP contribution is -2.19. The maximum atomic E-state index is 12.4. The molecule has 150 valence electrons. The number of aromatic nitrogens is 2. The smallest absolute Gasteiger partial charge is 0.289 e. The lowest BCUT2D eigenvalue weighted by atomic mass is 10.0. The fourth-order valence-corrected chi connectivity index (χ4v) is 2.81. The first-order valence-electron chi connectivity index (χ1n) is 9.13. The zero-order valence-corrected chi connectivity index (χ0v) is 17.2. The molecule has 0 saturated carbocycles. The first-order valence-corrected chi connectivity index (χ1v) is 9.13. The number of benzene rings is 2. The third-order valence-electron chi connectivity index (χ3n) is 4.75. The van der Waals surface area contributed by atoms with E-state index in [1.165, 1.54) is 11.1 Å².